The molecule has 0 bridgehead atoms. The third kappa shape index (κ3) is 2.72. The normalized spacial score (nSPS) is 22.4. The highest BCUT2D eigenvalue weighted by Gasteiger charge is 2.38. The first kappa shape index (κ1) is 15.7. The molecule has 0 N–H and O–H groups in total. The first-order valence-corrected chi connectivity index (χ1v) is 9.38. The van der Waals surface area contributed by atoms with E-state index in [2.05, 4.69) is 41.5 Å². The standard InChI is InChI=1S/C20H27N3O/c1-14(2)12-23-18-10-6-5-9-17(18)21-20(23)15-11-19(24)22(13-15)16-7-3-4-8-16/h5-6,9-10,14-16H,3-4,7-8,11-13H2,1-2H3. The molecule has 4 nitrogen and oxygen atoms in total. The molecular formula is C20H27N3O. The number of rotatable bonds is 4. The Morgan fingerprint density at radius 3 is 2.71 bits per heavy atom. The van der Waals surface area contributed by atoms with Crippen molar-refractivity contribution in [2.24, 2.45) is 5.92 Å². The molecule has 1 amide bonds. The summed E-state index contributed by atoms with van der Waals surface area (Å²) in [6.07, 6.45) is 5.52. The molecule has 1 unspecified atom stereocenters. The van der Waals surface area contributed by atoms with E-state index in [4.69, 9.17) is 4.98 Å². The van der Waals surface area contributed by atoms with Crippen LogP contribution in [0.4, 0.5) is 0 Å². The third-order valence-electron chi connectivity index (χ3n) is 5.52. The Balaban J connectivity index is 1.67. The Kier molecular flexibility index (Phi) is 4.07. The second-order valence-electron chi connectivity index (χ2n) is 7.85. The van der Waals surface area contributed by atoms with Crippen LogP contribution in [0.15, 0.2) is 24.3 Å². The van der Waals surface area contributed by atoms with Crippen LogP contribution in [0, 0.1) is 5.92 Å². The Hall–Kier alpha value is -1.84. The van der Waals surface area contributed by atoms with Crippen molar-refractivity contribution in [3.63, 3.8) is 0 Å². The van der Waals surface area contributed by atoms with Crippen LogP contribution in [0.1, 0.15) is 57.7 Å². The van der Waals surface area contributed by atoms with Gasteiger partial charge in [-0.25, -0.2) is 4.98 Å². The number of fused-ring (bicyclic) bond motifs is 1. The summed E-state index contributed by atoms with van der Waals surface area (Å²) in [7, 11) is 0. The molecule has 128 valence electrons. The third-order valence-corrected chi connectivity index (χ3v) is 5.52. The predicted octanol–water partition coefficient (Wildman–Crippen LogP) is 3.95. The van der Waals surface area contributed by atoms with Gasteiger partial charge < -0.3 is 9.47 Å². The zero-order valence-electron chi connectivity index (χ0n) is 14.7. The van der Waals surface area contributed by atoms with Crippen LogP contribution in [-0.2, 0) is 11.3 Å². The Morgan fingerprint density at radius 2 is 1.96 bits per heavy atom. The van der Waals surface area contributed by atoms with Crippen LogP contribution in [-0.4, -0.2) is 32.9 Å². The van der Waals surface area contributed by atoms with Gasteiger partial charge in [-0.3, -0.25) is 4.79 Å². The predicted molar refractivity (Wildman–Crippen MR) is 95.9 cm³/mol. The Morgan fingerprint density at radius 1 is 1.21 bits per heavy atom. The lowest BCUT2D eigenvalue weighted by molar-refractivity contribution is -0.129. The summed E-state index contributed by atoms with van der Waals surface area (Å²) in [5.41, 5.74) is 2.26. The largest absolute Gasteiger partial charge is 0.339 e. The zero-order chi connectivity index (χ0) is 16.7. The van der Waals surface area contributed by atoms with Crippen molar-refractivity contribution in [2.45, 2.75) is 64.5 Å². The summed E-state index contributed by atoms with van der Waals surface area (Å²) < 4.78 is 2.36. The molecular weight excluding hydrogens is 298 g/mol. The molecule has 1 aliphatic carbocycles. The van der Waals surface area contributed by atoms with Crippen LogP contribution in [0.3, 0.4) is 0 Å². The molecule has 1 aliphatic heterocycles. The lowest BCUT2D eigenvalue weighted by Gasteiger charge is -2.24. The number of imidazole rings is 1. The summed E-state index contributed by atoms with van der Waals surface area (Å²) in [5.74, 6) is 2.24. The van der Waals surface area contributed by atoms with Crippen molar-refractivity contribution in [2.75, 3.05) is 6.54 Å². The fraction of sp³-hybridized carbons (Fsp3) is 0.600. The fourth-order valence-electron chi connectivity index (χ4n) is 4.44. The highest BCUT2D eigenvalue weighted by molar-refractivity contribution is 5.81. The average Bonchev–Trinajstić information content (AvgIpc) is 3.26. The van der Waals surface area contributed by atoms with E-state index in [0.717, 1.165) is 24.4 Å². The number of benzene rings is 1. The van der Waals surface area contributed by atoms with Crippen molar-refractivity contribution in [3.05, 3.63) is 30.1 Å². The van der Waals surface area contributed by atoms with Crippen molar-refractivity contribution >= 4 is 16.9 Å². The maximum absolute atomic E-state index is 12.6. The smallest absolute Gasteiger partial charge is 0.223 e. The van der Waals surface area contributed by atoms with Crippen molar-refractivity contribution < 1.29 is 4.79 Å². The number of aromatic nitrogens is 2. The molecule has 1 atom stereocenters. The molecule has 2 aromatic rings. The monoisotopic (exact) mass is 325 g/mol. The summed E-state index contributed by atoms with van der Waals surface area (Å²) >= 11 is 0. The van der Waals surface area contributed by atoms with Gasteiger partial charge in [0.15, 0.2) is 0 Å². The van der Waals surface area contributed by atoms with Crippen LogP contribution in [0.2, 0.25) is 0 Å². The molecule has 1 aromatic carbocycles. The van der Waals surface area contributed by atoms with Gasteiger partial charge in [0.25, 0.3) is 0 Å². The molecule has 4 heteroatoms. The summed E-state index contributed by atoms with van der Waals surface area (Å²) in [6, 6.07) is 8.84. The highest BCUT2D eigenvalue weighted by atomic mass is 16.2. The quantitative estimate of drug-likeness (QED) is 0.853. The summed E-state index contributed by atoms with van der Waals surface area (Å²) in [4.78, 5) is 19.7. The summed E-state index contributed by atoms with van der Waals surface area (Å²) in [6.45, 7) is 6.29. The molecule has 2 fully saturated rings. The molecule has 4 rings (SSSR count). The van der Waals surface area contributed by atoms with E-state index in [0.29, 0.717) is 24.3 Å². The molecule has 1 aromatic heterocycles. The number of likely N-dealkylation sites (tertiary alicyclic amines) is 1. The van der Waals surface area contributed by atoms with Gasteiger partial charge in [0.2, 0.25) is 5.91 Å². The average molecular weight is 325 g/mol. The number of hydrogen-bond acceptors (Lipinski definition) is 2. The van der Waals surface area contributed by atoms with Crippen LogP contribution < -0.4 is 0 Å². The van der Waals surface area contributed by atoms with Gasteiger partial charge in [-0.1, -0.05) is 38.8 Å². The van der Waals surface area contributed by atoms with Gasteiger partial charge >= 0.3 is 0 Å². The van der Waals surface area contributed by atoms with E-state index in [1.807, 2.05) is 6.07 Å². The number of amides is 1. The molecule has 1 saturated carbocycles. The molecule has 0 radical (unpaired) electrons. The van der Waals surface area contributed by atoms with Gasteiger partial charge in [-0.05, 0) is 30.9 Å². The van der Waals surface area contributed by atoms with E-state index < -0.39 is 0 Å². The molecule has 2 aliphatic rings. The van der Waals surface area contributed by atoms with Gasteiger partial charge in [-0.2, -0.15) is 0 Å². The van der Waals surface area contributed by atoms with Gasteiger partial charge in [0.1, 0.15) is 5.82 Å². The van der Waals surface area contributed by atoms with Gasteiger partial charge in [0, 0.05) is 31.5 Å². The SMILES string of the molecule is CC(C)Cn1c(C2CC(=O)N(C3CCCC3)C2)nc2ccccc21. The Bertz CT molecular complexity index is 742. The Labute approximate surface area is 143 Å². The van der Waals surface area contributed by atoms with Crippen LogP contribution in [0.5, 0.6) is 0 Å². The van der Waals surface area contributed by atoms with Crippen molar-refractivity contribution in [1.29, 1.82) is 0 Å². The van der Waals surface area contributed by atoms with Gasteiger partial charge in [0.05, 0.1) is 11.0 Å². The number of hydrogen-bond donors (Lipinski definition) is 0. The molecule has 2 heterocycles. The van der Waals surface area contributed by atoms with Gasteiger partial charge in [-0.15, -0.1) is 0 Å². The zero-order valence-corrected chi connectivity index (χ0v) is 14.7. The number of nitrogens with zero attached hydrogens (tertiary/aromatic N) is 3. The fourth-order valence-corrected chi connectivity index (χ4v) is 4.44. The minimum atomic E-state index is 0.240. The van der Waals surface area contributed by atoms with Crippen LogP contribution in [0.25, 0.3) is 11.0 Å². The van der Waals surface area contributed by atoms with Crippen molar-refractivity contribution in [3.8, 4) is 0 Å². The number of para-hydroxylation sites is 2. The van der Waals surface area contributed by atoms with E-state index >= 15 is 0 Å². The van der Waals surface area contributed by atoms with E-state index in [1.54, 1.807) is 0 Å². The molecule has 1 saturated heterocycles. The van der Waals surface area contributed by atoms with Crippen LogP contribution >= 0.6 is 0 Å². The van der Waals surface area contributed by atoms with E-state index in [1.165, 1.54) is 31.2 Å². The second-order valence-corrected chi connectivity index (χ2v) is 7.85. The lowest BCUT2D eigenvalue weighted by Crippen LogP contribution is -2.34. The highest BCUT2D eigenvalue weighted by Crippen LogP contribution is 2.35. The number of carbonyl (C=O) groups is 1. The number of carbonyl (C=O) groups excluding carboxylic acids is 1. The molecule has 24 heavy (non-hydrogen) atoms. The maximum atomic E-state index is 12.6. The minimum Gasteiger partial charge on any atom is -0.339 e. The maximum Gasteiger partial charge on any atom is 0.223 e. The first-order chi connectivity index (χ1) is 11.6. The summed E-state index contributed by atoms with van der Waals surface area (Å²) in [5, 5.41) is 0. The minimum absolute atomic E-state index is 0.240. The van der Waals surface area contributed by atoms with E-state index in [-0.39, 0.29) is 5.92 Å². The lowest BCUT2D eigenvalue weighted by atomic mass is 10.1. The van der Waals surface area contributed by atoms with Crippen molar-refractivity contribution in [1.82, 2.24) is 14.5 Å². The van der Waals surface area contributed by atoms with E-state index in [9.17, 15) is 4.79 Å². The first-order valence-electron chi connectivity index (χ1n) is 9.38. The second kappa shape index (κ2) is 6.23. The molecule has 0 spiro atoms. The topological polar surface area (TPSA) is 38.1 Å².